The van der Waals surface area contributed by atoms with Gasteiger partial charge in [0.1, 0.15) is 11.9 Å². The van der Waals surface area contributed by atoms with Crippen LogP contribution in [0.4, 0.5) is 4.39 Å². The Morgan fingerprint density at radius 2 is 1.79 bits per heavy atom. The van der Waals surface area contributed by atoms with Crippen LogP contribution in [0.1, 0.15) is 38.8 Å². The van der Waals surface area contributed by atoms with Gasteiger partial charge in [-0.1, -0.05) is 54.6 Å². The summed E-state index contributed by atoms with van der Waals surface area (Å²) in [6, 6.07) is 21.2. The van der Waals surface area contributed by atoms with E-state index in [-0.39, 0.29) is 23.7 Å². The maximum Gasteiger partial charge on any atom is 0.255 e. The van der Waals surface area contributed by atoms with Gasteiger partial charge in [0, 0.05) is 35.1 Å². The minimum absolute atomic E-state index is 0.130. The number of aromatic nitrogens is 1. The van der Waals surface area contributed by atoms with E-state index in [0.717, 1.165) is 27.7 Å². The van der Waals surface area contributed by atoms with E-state index >= 15 is 0 Å². The van der Waals surface area contributed by atoms with Gasteiger partial charge in [0.05, 0.1) is 6.04 Å². The first-order chi connectivity index (χ1) is 16.1. The van der Waals surface area contributed by atoms with E-state index in [9.17, 15) is 14.0 Å². The average Bonchev–Trinajstić information content (AvgIpc) is 3.35. The highest BCUT2D eigenvalue weighted by Crippen LogP contribution is 2.46. The summed E-state index contributed by atoms with van der Waals surface area (Å²) in [4.78, 5) is 32.0. The average molecular weight is 439 g/mol. The first-order valence-electron chi connectivity index (χ1n) is 11.2. The fourth-order valence-corrected chi connectivity index (χ4v) is 5.28. The Bertz CT molecular complexity index is 1410. The van der Waals surface area contributed by atoms with Gasteiger partial charge in [-0.05, 0) is 41.3 Å². The number of hydrogen-bond acceptors (Lipinski definition) is 2. The van der Waals surface area contributed by atoms with Crippen LogP contribution in [-0.4, -0.2) is 34.3 Å². The Hall–Kier alpha value is -3.93. The molecule has 2 aliphatic heterocycles. The molecule has 4 aromatic rings. The molecule has 2 unspecified atom stereocenters. The lowest BCUT2D eigenvalue weighted by molar-refractivity contribution is -0.126. The third-order valence-corrected chi connectivity index (χ3v) is 6.81. The predicted molar refractivity (Wildman–Crippen MR) is 123 cm³/mol. The Balaban J connectivity index is 1.35. The summed E-state index contributed by atoms with van der Waals surface area (Å²) < 4.78 is 14.0. The molecule has 0 bridgehead atoms. The fourth-order valence-electron chi connectivity index (χ4n) is 5.28. The number of benzene rings is 3. The van der Waals surface area contributed by atoms with E-state index in [0.29, 0.717) is 30.5 Å². The summed E-state index contributed by atoms with van der Waals surface area (Å²) in [5, 5.41) is 4.03. The van der Waals surface area contributed by atoms with E-state index < -0.39 is 6.04 Å². The van der Waals surface area contributed by atoms with Crippen LogP contribution in [-0.2, 0) is 17.6 Å². The minimum Gasteiger partial charge on any atom is -0.356 e. The molecule has 0 saturated carbocycles. The Labute approximate surface area is 190 Å². The maximum absolute atomic E-state index is 14.0. The van der Waals surface area contributed by atoms with E-state index in [1.807, 2.05) is 42.5 Å². The Morgan fingerprint density at radius 1 is 1.03 bits per heavy atom. The lowest BCUT2D eigenvalue weighted by Crippen LogP contribution is -2.52. The normalized spacial score (nSPS) is 18.7. The second-order valence-corrected chi connectivity index (χ2v) is 8.62. The van der Waals surface area contributed by atoms with Crippen LogP contribution in [0.2, 0.25) is 0 Å². The van der Waals surface area contributed by atoms with Gasteiger partial charge in [0.25, 0.3) is 5.91 Å². The van der Waals surface area contributed by atoms with Gasteiger partial charge in [-0.15, -0.1) is 0 Å². The van der Waals surface area contributed by atoms with Crippen molar-refractivity contribution in [2.45, 2.75) is 24.9 Å². The van der Waals surface area contributed by atoms with E-state index in [4.69, 9.17) is 0 Å². The van der Waals surface area contributed by atoms with E-state index in [1.165, 1.54) is 6.07 Å². The summed E-state index contributed by atoms with van der Waals surface area (Å²) in [6.45, 7) is 0.302. The van der Waals surface area contributed by atoms with Crippen molar-refractivity contribution in [3.63, 3.8) is 0 Å². The number of nitrogens with zero attached hydrogens (tertiary/aromatic N) is 1. The minimum atomic E-state index is -0.637. The fraction of sp³-hybridized carbons (Fsp3) is 0.185. The molecule has 5 nitrogen and oxygen atoms in total. The molecule has 33 heavy (non-hydrogen) atoms. The second-order valence-electron chi connectivity index (χ2n) is 8.62. The van der Waals surface area contributed by atoms with Gasteiger partial charge in [-0.25, -0.2) is 4.39 Å². The molecular weight excluding hydrogens is 417 g/mol. The molecule has 0 aliphatic carbocycles. The predicted octanol–water partition coefficient (Wildman–Crippen LogP) is 4.14. The number of carbonyl (C=O) groups is 2. The first kappa shape index (κ1) is 19.7. The quantitative estimate of drug-likeness (QED) is 0.502. The summed E-state index contributed by atoms with van der Waals surface area (Å²) in [7, 11) is 0. The van der Waals surface area contributed by atoms with Crippen molar-refractivity contribution in [1.82, 2.24) is 15.2 Å². The van der Waals surface area contributed by atoms with Gasteiger partial charge in [-0.2, -0.15) is 0 Å². The number of para-hydroxylation sites is 1. The Morgan fingerprint density at radius 3 is 2.67 bits per heavy atom. The summed E-state index contributed by atoms with van der Waals surface area (Å²) in [6.07, 6.45) is 0.822. The number of aromatic amines is 1. The third kappa shape index (κ3) is 3.05. The number of carbonyl (C=O) groups excluding carboxylic acids is 2. The highest BCUT2D eigenvalue weighted by atomic mass is 19.1. The van der Waals surface area contributed by atoms with E-state index in [2.05, 4.69) is 16.4 Å². The SMILES string of the molecule is O=C(NCCc1ccccc1F)C1Cc2c([nH]c3ccccc23)C2c3ccccc3C(=O)N12. The topological polar surface area (TPSA) is 65.2 Å². The molecule has 2 atom stereocenters. The number of amides is 2. The van der Waals surface area contributed by atoms with Crippen LogP contribution in [0, 0.1) is 5.82 Å². The van der Waals surface area contributed by atoms with Gasteiger partial charge in [0.15, 0.2) is 0 Å². The molecular formula is C27H22FN3O2. The Kier molecular flexibility index (Phi) is 4.54. The molecule has 0 radical (unpaired) electrons. The van der Waals surface area contributed by atoms with Crippen molar-refractivity contribution in [3.05, 3.63) is 107 Å². The van der Waals surface area contributed by atoms with Crippen molar-refractivity contribution < 1.29 is 14.0 Å². The molecule has 2 N–H and O–H groups in total. The zero-order chi connectivity index (χ0) is 22.5. The molecule has 3 heterocycles. The van der Waals surface area contributed by atoms with Crippen molar-refractivity contribution in [2.75, 3.05) is 6.54 Å². The third-order valence-electron chi connectivity index (χ3n) is 6.81. The second kappa shape index (κ2) is 7.59. The van der Waals surface area contributed by atoms with Gasteiger partial charge in [0.2, 0.25) is 5.91 Å². The van der Waals surface area contributed by atoms with Crippen molar-refractivity contribution in [1.29, 1.82) is 0 Å². The van der Waals surface area contributed by atoms with Crippen LogP contribution in [0.15, 0.2) is 72.8 Å². The maximum atomic E-state index is 14.0. The monoisotopic (exact) mass is 439 g/mol. The number of H-pyrrole nitrogens is 1. The van der Waals surface area contributed by atoms with Crippen LogP contribution in [0.25, 0.3) is 10.9 Å². The van der Waals surface area contributed by atoms with Crippen LogP contribution in [0.5, 0.6) is 0 Å². The molecule has 0 spiro atoms. The first-order valence-corrected chi connectivity index (χ1v) is 11.2. The zero-order valence-corrected chi connectivity index (χ0v) is 17.8. The highest BCUT2D eigenvalue weighted by molar-refractivity contribution is 6.03. The van der Waals surface area contributed by atoms with Crippen LogP contribution < -0.4 is 5.32 Å². The zero-order valence-electron chi connectivity index (χ0n) is 17.8. The van der Waals surface area contributed by atoms with E-state index in [1.54, 1.807) is 23.1 Å². The molecule has 2 amide bonds. The smallest absolute Gasteiger partial charge is 0.255 e. The number of halogens is 1. The van der Waals surface area contributed by atoms with Crippen molar-refractivity contribution >= 4 is 22.7 Å². The van der Waals surface area contributed by atoms with Gasteiger partial charge < -0.3 is 15.2 Å². The molecule has 6 heteroatoms. The number of nitrogens with one attached hydrogen (secondary N) is 2. The van der Waals surface area contributed by atoms with Crippen molar-refractivity contribution in [2.24, 2.45) is 0 Å². The molecule has 6 rings (SSSR count). The summed E-state index contributed by atoms with van der Waals surface area (Å²) in [5.74, 6) is -0.624. The number of fused-ring (bicyclic) bond motifs is 7. The lowest BCUT2D eigenvalue weighted by Gasteiger charge is -2.37. The highest BCUT2D eigenvalue weighted by Gasteiger charge is 2.48. The van der Waals surface area contributed by atoms with Gasteiger partial charge in [-0.3, -0.25) is 9.59 Å². The molecule has 0 saturated heterocycles. The van der Waals surface area contributed by atoms with Crippen molar-refractivity contribution in [3.8, 4) is 0 Å². The summed E-state index contributed by atoms with van der Waals surface area (Å²) >= 11 is 0. The molecule has 2 aliphatic rings. The number of hydrogen-bond donors (Lipinski definition) is 2. The molecule has 1 aromatic heterocycles. The molecule has 164 valence electrons. The standard InChI is InChI=1S/C27H22FN3O2/c28-21-11-5-1-7-16(21)13-14-29-26(32)23-15-20-17-8-4-6-12-22(17)30-24(20)25-18-9-2-3-10-19(18)27(33)31(23)25/h1-12,23,25,30H,13-15H2,(H,29,32). The lowest BCUT2D eigenvalue weighted by atomic mass is 9.90. The van der Waals surface area contributed by atoms with Crippen LogP contribution in [0.3, 0.4) is 0 Å². The van der Waals surface area contributed by atoms with Crippen LogP contribution >= 0.6 is 0 Å². The van der Waals surface area contributed by atoms with Gasteiger partial charge >= 0.3 is 0 Å². The molecule has 3 aromatic carbocycles. The number of rotatable bonds is 4. The molecule has 0 fully saturated rings. The summed E-state index contributed by atoms with van der Waals surface area (Å²) in [5.41, 5.74) is 5.16. The largest absolute Gasteiger partial charge is 0.356 e.